The van der Waals surface area contributed by atoms with Gasteiger partial charge in [0.15, 0.2) is 11.5 Å². The number of carbonyl (C=O) groups is 1. The maximum atomic E-state index is 11.2. The highest BCUT2D eigenvalue weighted by Gasteiger charge is 2.14. The van der Waals surface area contributed by atoms with Crippen LogP contribution in [0.25, 0.3) is 11.4 Å². The molecule has 0 aliphatic heterocycles. The largest absolute Gasteiger partial charge is 0.477 e. The van der Waals surface area contributed by atoms with Crippen molar-refractivity contribution in [3.8, 4) is 11.4 Å². The van der Waals surface area contributed by atoms with E-state index in [1.54, 1.807) is 24.3 Å². The molecule has 0 radical (unpaired) electrons. The Balaban J connectivity index is 2.50. The van der Waals surface area contributed by atoms with Crippen LogP contribution in [0, 0.1) is 0 Å². The highest BCUT2D eigenvalue weighted by molar-refractivity contribution is 6.33. The van der Waals surface area contributed by atoms with E-state index in [0.717, 1.165) is 6.42 Å². The predicted molar refractivity (Wildman–Crippen MR) is 82.8 cm³/mol. The maximum Gasteiger partial charge on any atom is 0.354 e. The van der Waals surface area contributed by atoms with Gasteiger partial charge in [-0.1, -0.05) is 30.7 Å². The van der Waals surface area contributed by atoms with E-state index in [1.165, 1.54) is 6.07 Å². The predicted octanol–water partition coefficient (Wildman–Crippen LogP) is 3.71. The lowest BCUT2D eigenvalue weighted by Gasteiger charge is -2.13. The Labute approximate surface area is 128 Å². The first kappa shape index (κ1) is 15.3. The minimum absolute atomic E-state index is 0.0641. The van der Waals surface area contributed by atoms with Crippen LogP contribution in [0.15, 0.2) is 30.3 Å². The van der Waals surface area contributed by atoms with Crippen molar-refractivity contribution in [2.45, 2.75) is 26.3 Å². The number of nitrogens with one attached hydrogen (secondary N) is 1. The molecule has 0 spiro atoms. The fraction of sp³-hybridized carbons (Fsp3) is 0.267. The van der Waals surface area contributed by atoms with Crippen LogP contribution in [0.2, 0.25) is 5.02 Å². The van der Waals surface area contributed by atoms with E-state index >= 15 is 0 Å². The van der Waals surface area contributed by atoms with Gasteiger partial charge in [-0.3, -0.25) is 0 Å². The van der Waals surface area contributed by atoms with Crippen LogP contribution in [-0.2, 0) is 0 Å². The number of benzene rings is 1. The minimum Gasteiger partial charge on any atom is -0.477 e. The van der Waals surface area contributed by atoms with Gasteiger partial charge in [0.25, 0.3) is 0 Å². The molecule has 0 fully saturated rings. The third-order valence-electron chi connectivity index (χ3n) is 3.07. The molecule has 2 rings (SSSR count). The lowest BCUT2D eigenvalue weighted by Crippen LogP contribution is -2.16. The summed E-state index contributed by atoms with van der Waals surface area (Å²) in [5.74, 6) is -0.323. The first-order valence-electron chi connectivity index (χ1n) is 6.65. The smallest absolute Gasteiger partial charge is 0.354 e. The second-order valence-electron chi connectivity index (χ2n) is 4.70. The molecule has 6 heteroatoms. The van der Waals surface area contributed by atoms with Crippen LogP contribution >= 0.6 is 11.6 Å². The summed E-state index contributed by atoms with van der Waals surface area (Å²) in [7, 11) is 0. The molecule has 2 N–H and O–H groups in total. The third-order valence-corrected chi connectivity index (χ3v) is 3.40. The summed E-state index contributed by atoms with van der Waals surface area (Å²) in [6.07, 6.45) is 0.897. The fourth-order valence-corrected chi connectivity index (χ4v) is 1.97. The van der Waals surface area contributed by atoms with Crippen LogP contribution in [0.5, 0.6) is 0 Å². The van der Waals surface area contributed by atoms with E-state index in [4.69, 9.17) is 11.6 Å². The SMILES string of the molecule is CCC(C)Nc1cc(C(=O)O)nc(-c2ccccc2Cl)n1. The van der Waals surface area contributed by atoms with Crippen molar-refractivity contribution in [2.24, 2.45) is 0 Å². The van der Waals surface area contributed by atoms with E-state index in [9.17, 15) is 9.90 Å². The second-order valence-corrected chi connectivity index (χ2v) is 5.11. The van der Waals surface area contributed by atoms with Gasteiger partial charge >= 0.3 is 5.97 Å². The van der Waals surface area contributed by atoms with Crippen LogP contribution in [0.4, 0.5) is 5.82 Å². The summed E-state index contributed by atoms with van der Waals surface area (Å²) in [5.41, 5.74) is 0.542. The first-order chi connectivity index (χ1) is 10.0. The summed E-state index contributed by atoms with van der Waals surface area (Å²) >= 11 is 6.13. The molecule has 5 nitrogen and oxygen atoms in total. The highest BCUT2D eigenvalue weighted by atomic mass is 35.5. The number of aromatic carboxylic acids is 1. The van der Waals surface area contributed by atoms with Crippen molar-refractivity contribution in [3.05, 3.63) is 41.0 Å². The summed E-state index contributed by atoms with van der Waals surface area (Å²) in [4.78, 5) is 19.7. The Kier molecular flexibility index (Phi) is 4.75. The van der Waals surface area contributed by atoms with Gasteiger partial charge in [0, 0.05) is 17.7 Å². The van der Waals surface area contributed by atoms with E-state index in [2.05, 4.69) is 15.3 Å². The van der Waals surface area contributed by atoms with E-state index in [-0.39, 0.29) is 11.7 Å². The molecular weight excluding hydrogens is 290 g/mol. The summed E-state index contributed by atoms with van der Waals surface area (Å²) in [5, 5.41) is 12.8. The average Bonchev–Trinajstić information content (AvgIpc) is 2.47. The van der Waals surface area contributed by atoms with Gasteiger partial charge in [-0.15, -0.1) is 0 Å². The number of hydrogen-bond acceptors (Lipinski definition) is 4. The molecular formula is C15H16ClN3O2. The zero-order valence-electron chi connectivity index (χ0n) is 11.8. The molecule has 0 aliphatic rings. The number of nitrogens with zero attached hydrogens (tertiary/aromatic N) is 2. The molecule has 0 saturated heterocycles. The van der Waals surface area contributed by atoms with Crippen molar-refractivity contribution >= 4 is 23.4 Å². The quantitative estimate of drug-likeness (QED) is 0.881. The number of aromatic nitrogens is 2. The maximum absolute atomic E-state index is 11.2. The summed E-state index contributed by atoms with van der Waals surface area (Å²) in [6, 6.07) is 8.69. The van der Waals surface area contributed by atoms with Gasteiger partial charge in [0.1, 0.15) is 5.82 Å². The Morgan fingerprint density at radius 3 is 2.71 bits per heavy atom. The van der Waals surface area contributed by atoms with Crippen LogP contribution in [0.3, 0.4) is 0 Å². The molecule has 110 valence electrons. The standard InChI is InChI=1S/C15H16ClN3O2/c1-3-9(2)17-13-8-12(15(20)21)18-14(19-13)10-6-4-5-7-11(10)16/h4-9H,3H2,1-2H3,(H,20,21)(H,17,18,19). The second kappa shape index (κ2) is 6.54. The topological polar surface area (TPSA) is 75.1 Å². The number of anilines is 1. The van der Waals surface area contributed by atoms with Gasteiger partial charge in [-0.25, -0.2) is 14.8 Å². The van der Waals surface area contributed by atoms with Crippen molar-refractivity contribution in [1.29, 1.82) is 0 Å². The number of carboxylic acid groups (broad SMARTS) is 1. The Morgan fingerprint density at radius 2 is 2.10 bits per heavy atom. The van der Waals surface area contributed by atoms with Crippen molar-refractivity contribution in [3.63, 3.8) is 0 Å². The molecule has 1 aromatic carbocycles. The molecule has 0 saturated carbocycles. The monoisotopic (exact) mass is 305 g/mol. The highest BCUT2D eigenvalue weighted by Crippen LogP contribution is 2.26. The van der Waals surface area contributed by atoms with Crippen LogP contribution in [-0.4, -0.2) is 27.1 Å². The number of rotatable bonds is 5. The van der Waals surface area contributed by atoms with E-state index in [1.807, 2.05) is 13.8 Å². The minimum atomic E-state index is -1.10. The van der Waals surface area contributed by atoms with Gasteiger partial charge in [0.05, 0.1) is 5.02 Å². The zero-order valence-corrected chi connectivity index (χ0v) is 12.6. The third kappa shape index (κ3) is 3.70. The van der Waals surface area contributed by atoms with Crippen LogP contribution in [0.1, 0.15) is 30.8 Å². The molecule has 2 aromatic rings. The van der Waals surface area contributed by atoms with Gasteiger partial charge in [-0.2, -0.15) is 0 Å². The Bertz CT molecular complexity index is 661. The van der Waals surface area contributed by atoms with Crippen molar-refractivity contribution in [2.75, 3.05) is 5.32 Å². The molecule has 1 atom stereocenters. The number of carboxylic acids is 1. The Hall–Kier alpha value is -2.14. The summed E-state index contributed by atoms with van der Waals surface area (Å²) in [6.45, 7) is 4.03. The molecule has 1 unspecified atom stereocenters. The molecule has 0 aliphatic carbocycles. The Morgan fingerprint density at radius 1 is 1.38 bits per heavy atom. The molecule has 0 amide bonds. The average molecular weight is 306 g/mol. The summed E-state index contributed by atoms with van der Waals surface area (Å²) < 4.78 is 0. The van der Waals surface area contributed by atoms with Gasteiger partial charge in [0.2, 0.25) is 0 Å². The number of halogens is 1. The van der Waals surface area contributed by atoms with Crippen LogP contribution < -0.4 is 5.32 Å². The van der Waals surface area contributed by atoms with Crippen molar-refractivity contribution < 1.29 is 9.90 Å². The zero-order chi connectivity index (χ0) is 15.4. The van der Waals surface area contributed by atoms with Gasteiger partial charge in [-0.05, 0) is 25.5 Å². The lowest BCUT2D eigenvalue weighted by atomic mass is 10.2. The van der Waals surface area contributed by atoms with Crippen molar-refractivity contribution in [1.82, 2.24) is 9.97 Å². The fourth-order valence-electron chi connectivity index (χ4n) is 1.75. The van der Waals surface area contributed by atoms with Gasteiger partial charge < -0.3 is 10.4 Å². The lowest BCUT2D eigenvalue weighted by molar-refractivity contribution is 0.0690. The normalized spacial score (nSPS) is 12.0. The number of hydrogen-bond donors (Lipinski definition) is 2. The first-order valence-corrected chi connectivity index (χ1v) is 7.03. The molecule has 21 heavy (non-hydrogen) atoms. The molecule has 1 heterocycles. The van der Waals surface area contributed by atoms with E-state index in [0.29, 0.717) is 22.2 Å². The molecule has 1 aromatic heterocycles. The molecule has 0 bridgehead atoms. The van der Waals surface area contributed by atoms with E-state index < -0.39 is 5.97 Å².